The Labute approximate surface area is 211 Å². The number of hydrogen-bond acceptors (Lipinski definition) is 4. The summed E-state index contributed by atoms with van der Waals surface area (Å²) < 4.78 is 0. The van der Waals surface area contributed by atoms with Crippen molar-refractivity contribution in [1.82, 2.24) is 10.2 Å². The normalized spacial score (nSPS) is 21.6. The second-order valence-corrected chi connectivity index (χ2v) is 9.10. The van der Waals surface area contributed by atoms with Gasteiger partial charge >= 0.3 is 0 Å². The Hall–Kier alpha value is -3.35. The van der Waals surface area contributed by atoms with E-state index in [0.29, 0.717) is 13.0 Å². The topological polar surface area (TPSA) is 99.2 Å². The predicted molar refractivity (Wildman–Crippen MR) is 142 cm³/mol. The highest BCUT2D eigenvalue weighted by Crippen LogP contribution is 2.43. The summed E-state index contributed by atoms with van der Waals surface area (Å²) in [7, 11) is 0. The number of nitrogens with zero attached hydrogens (tertiary/aromatic N) is 2. The molecule has 1 aliphatic heterocycles. The molecule has 1 saturated heterocycles. The quantitative estimate of drug-likeness (QED) is 0.478. The first-order valence-corrected chi connectivity index (χ1v) is 12.1. The number of terminal acetylenes is 1. The number of nitriles is 1. The fraction of sp³-hybridized carbons (Fsp3) is 0.483. The molecule has 1 fully saturated rings. The lowest BCUT2D eigenvalue weighted by Gasteiger charge is -2.36. The third-order valence-corrected chi connectivity index (χ3v) is 6.88. The van der Waals surface area contributed by atoms with Crippen molar-refractivity contribution < 1.29 is 9.59 Å². The lowest BCUT2D eigenvalue weighted by Crippen LogP contribution is -2.49. The number of hydrogen-bond donors (Lipinski definition) is 2. The molecule has 6 nitrogen and oxygen atoms in total. The molecule has 3 atom stereocenters. The van der Waals surface area contributed by atoms with E-state index >= 15 is 0 Å². The zero-order chi connectivity index (χ0) is 26.6. The number of rotatable bonds is 6. The monoisotopic (exact) mass is 476 g/mol. The standard InChI is InChI=1S/C24H32N4O2.C3H6.C2H2/c1-16-10-11-19-7-4-5-9-21(19)24(18(16)3,23(26)30)13-17(2)27-15-22(29)28-12-6-8-20(28)14-25;1-3-2;1-2/h4-5,7,9,17,20,27H,6,8,10-13,15H2,1-3H3,(H2,26,30);3H,1H2,2H3;1-2H. The summed E-state index contributed by atoms with van der Waals surface area (Å²) in [6.45, 7) is 12.1. The molecule has 2 aliphatic rings. The predicted octanol–water partition coefficient (Wildman–Crippen LogP) is 4.02. The highest BCUT2D eigenvalue weighted by Gasteiger charge is 2.44. The summed E-state index contributed by atoms with van der Waals surface area (Å²) in [5.41, 5.74) is 9.53. The van der Waals surface area contributed by atoms with Crippen LogP contribution in [0.5, 0.6) is 0 Å². The molecule has 0 spiro atoms. The van der Waals surface area contributed by atoms with Gasteiger partial charge in [0.15, 0.2) is 0 Å². The number of allylic oxidation sites excluding steroid dienone is 2. The molecule has 2 amide bonds. The molecule has 3 unspecified atom stereocenters. The van der Waals surface area contributed by atoms with Crippen LogP contribution >= 0.6 is 0 Å². The Bertz CT molecular complexity index is 988. The third-order valence-electron chi connectivity index (χ3n) is 6.88. The van der Waals surface area contributed by atoms with Gasteiger partial charge < -0.3 is 16.0 Å². The average Bonchev–Trinajstić information content (AvgIpc) is 3.31. The van der Waals surface area contributed by atoms with Crippen molar-refractivity contribution in [3.8, 4) is 18.9 Å². The summed E-state index contributed by atoms with van der Waals surface area (Å²) in [4.78, 5) is 27.2. The first-order chi connectivity index (χ1) is 16.7. The van der Waals surface area contributed by atoms with Crippen LogP contribution in [0.15, 0.2) is 48.1 Å². The van der Waals surface area contributed by atoms with Crippen molar-refractivity contribution in [2.24, 2.45) is 5.73 Å². The molecule has 3 rings (SSSR count). The maximum absolute atomic E-state index is 13.0. The Morgan fingerprint density at radius 3 is 2.57 bits per heavy atom. The van der Waals surface area contributed by atoms with E-state index in [1.807, 2.05) is 39.0 Å². The van der Waals surface area contributed by atoms with E-state index in [1.165, 1.54) is 5.57 Å². The van der Waals surface area contributed by atoms with Gasteiger partial charge in [0.2, 0.25) is 11.8 Å². The van der Waals surface area contributed by atoms with Crippen LogP contribution < -0.4 is 11.1 Å². The van der Waals surface area contributed by atoms with Crippen LogP contribution in [-0.2, 0) is 21.4 Å². The van der Waals surface area contributed by atoms with Gasteiger partial charge in [0.1, 0.15) is 6.04 Å². The van der Waals surface area contributed by atoms with E-state index in [0.717, 1.165) is 42.4 Å². The lowest BCUT2D eigenvalue weighted by molar-refractivity contribution is -0.130. The minimum Gasteiger partial charge on any atom is -0.369 e. The Morgan fingerprint density at radius 2 is 1.97 bits per heavy atom. The molecule has 1 heterocycles. The van der Waals surface area contributed by atoms with Gasteiger partial charge in [-0.3, -0.25) is 9.59 Å². The second kappa shape index (κ2) is 14.1. The van der Waals surface area contributed by atoms with Crippen molar-refractivity contribution in [2.45, 2.75) is 77.3 Å². The molecule has 35 heavy (non-hydrogen) atoms. The summed E-state index contributed by atoms with van der Waals surface area (Å²) in [5.74, 6) is -0.415. The third kappa shape index (κ3) is 6.84. The average molecular weight is 477 g/mol. The molecule has 6 heteroatoms. The van der Waals surface area contributed by atoms with Crippen molar-refractivity contribution >= 4 is 11.8 Å². The first-order valence-electron chi connectivity index (χ1n) is 12.1. The smallest absolute Gasteiger partial charge is 0.237 e. The van der Waals surface area contributed by atoms with Crippen molar-refractivity contribution in [2.75, 3.05) is 13.1 Å². The highest BCUT2D eigenvalue weighted by atomic mass is 16.2. The van der Waals surface area contributed by atoms with Crippen molar-refractivity contribution in [1.29, 1.82) is 5.26 Å². The van der Waals surface area contributed by atoms with E-state index in [2.05, 4.69) is 43.8 Å². The van der Waals surface area contributed by atoms with Gasteiger partial charge in [-0.2, -0.15) is 5.26 Å². The van der Waals surface area contributed by atoms with Crippen LogP contribution in [0.25, 0.3) is 0 Å². The number of fused-ring (bicyclic) bond motifs is 1. The summed E-state index contributed by atoms with van der Waals surface area (Å²) >= 11 is 0. The van der Waals surface area contributed by atoms with Crippen LogP contribution in [0.2, 0.25) is 0 Å². The van der Waals surface area contributed by atoms with Crippen LogP contribution in [0, 0.1) is 24.2 Å². The van der Waals surface area contributed by atoms with Gasteiger partial charge in [-0.1, -0.05) is 41.5 Å². The maximum atomic E-state index is 13.0. The van der Waals surface area contributed by atoms with E-state index in [1.54, 1.807) is 11.0 Å². The zero-order valence-electron chi connectivity index (χ0n) is 21.6. The Kier molecular flexibility index (Phi) is 12.0. The van der Waals surface area contributed by atoms with E-state index < -0.39 is 5.41 Å². The summed E-state index contributed by atoms with van der Waals surface area (Å²) in [6, 6.07) is 9.83. The van der Waals surface area contributed by atoms with E-state index in [9.17, 15) is 14.9 Å². The summed E-state index contributed by atoms with van der Waals surface area (Å²) in [6.07, 6.45) is 13.6. The van der Waals surface area contributed by atoms with Crippen molar-refractivity contribution in [3.63, 3.8) is 0 Å². The van der Waals surface area contributed by atoms with Gasteiger partial charge in [0.05, 0.1) is 18.0 Å². The molecule has 3 N–H and O–H groups in total. The fourth-order valence-corrected chi connectivity index (χ4v) is 5.01. The largest absolute Gasteiger partial charge is 0.369 e. The van der Waals surface area contributed by atoms with Gasteiger partial charge in [-0.25, -0.2) is 0 Å². The fourth-order valence-electron chi connectivity index (χ4n) is 5.01. The molecule has 0 radical (unpaired) electrons. The van der Waals surface area contributed by atoms with Crippen LogP contribution in [0.1, 0.15) is 64.5 Å². The molecule has 1 aromatic carbocycles. The summed E-state index contributed by atoms with van der Waals surface area (Å²) in [5, 5.41) is 12.5. The highest BCUT2D eigenvalue weighted by molar-refractivity contribution is 5.91. The number of carbonyl (C=O) groups is 2. The number of nitrogens with one attached hydrogen (secondary N) is 1. The minimum atomic E-state index is -0.893. The molecule has 188 valence electrons. The van der Waals surface area contributed by atoms with Gasteiger partial charge in [0, 0.05) is 12.6 Å². The molecule has 0 bridgehead atoms. The van der Waals surface area contributed by atoms with Gasteiger partial charge in [0.25, 0.3) is 0 Å². The molecule has 0 saturated carbocycles. The van der Waals surface area contributed by atoms with Gasteiger partial charge in [-0.05, 0) is 70.9 Å². The Balaban J connectivity index is 0.00000114. The van der Waals surface area contributed by atoms with Crippen LogP contribution in [0.4, 0.5) is 0 Å². The zero-order valence-corrected chi connectivity index (χ0v) is 21.6. The van der Waals surface area contributed by atoms with Crippen LogP contribution in [-0.4, -0.2) is 41.9 Å². The Morgan fingerprint density at radius 1 is 1.34 bits per heavy atom. The van der Waals surface area contributed by atoms with Crippen molar-refractivity contribution in [3.05, 3.63) is 59.2 Å². The lowest BCUT2D eigenvalue weighted by atomic mass is 9.68. The number of amides is 2. The molecular formula is C29H40N4O2. The number of primary amides is 1. The first kappa shape index (κ1) is 29.7. The SMILES string of the molecule is C#C.C=CC.CC1=C(C)C(CC(C)NCC(=O)N2CCCC2C#N)(C(N)=O)c2ccccc2CC1. The minimum absolute atomic E-state index is 0.0660. The number of benzene rings is 1. The number of likely N-dealkylation sites (tertiary alicyclic amines) is 1. The molecule has 0 aromatic heterocycles. The number of nitrogens with two attached hydrogens (primary N) is 1. The molecule has 1 aromatic rings. The maximum Gasteiger partial charge on any atom is 0.237 e. The number of aryl methyl sites for hydroxylation is 1. The molecular weight excluding hydrogens is 436 g/mol. The molecule has 1 aliphatic carbocycles. The second-order valence-electron chi connectivity index (χ2n) is 9.10. The van der Waals surface area contributed by atoms with Gasteiger partial charge in [-0.15, -0.1) is 19.4 Å². The van der Waals surface area contributed by atoms with E-state index in [4.69, 9.17) is 5.73 Å². The number of carbonyl (C=O) groups excluding carboxylic acids is 2. The van der Waals surface area contributed by atoms with E-state index in [-0.39, 0.29) is 30.4 Å². The van der Waals surface area contributed by atoms with Crippen LogP contribution in [0.3, 0.4) is 0 Å².